The quantitative estimate of drug-likeness (QED) is 0.582. The van der Waals surface area contributed by atoms with Crippen LogP contribution in [-0.4, -0.2) is 55.7 Å². The number of amides is 2. The molecule has 0 bridgehead atoms. The first-order valence-electron chi connectivity index (χ1n) is 11.1. The Hall–Kier alpha value is -2.17. The van der Waals surface area contributed by atoms with Crippen molar-refractivity contribution in [2.24, 2.45) is 17.6 Å². The summed E-state index contributed by atoms with van der Waals surface area (Å²) in [4.78, 5) is 25.8. The third kappa shape index (κ3) is 6.91. The van der Waals surface area contributed by atoms with E-state index < -0.39 is 23.7 Å². The van der Waals surface area contributed by atoms with Crippen molar-refractivity contribution in [3.63, 3.8) is 0 Å². The van der Waals surface area contributed by atoms with Crippen molar-refractivity contribution in [2.45, 2.75) is 44.3 Å². The Morgan fingerprint density at radius 1 is 1.16 bits per heavy atom. The molecule has 1 heterocycles. The van der Waals surface area contributed by atoms with Crippen LogP contribution < -0.4 is 16.5 Å². The van der Waals surface area contributed by atoms with E-state index in [1.807, 2.05) is 0 Å². The molecular weight excluding hydrogens is 425 g/mol. The van der Waals surface area contributed by atoms with Gasteiger partial charge in [0.05, 0.1) is 18.8 Å². The van der Waals surface area contributed by atoms with Gasteiger partial charge in [-0.25, -0.2) is 5.01 Å². The van der Waals surface area contributed by atoms with E-state index in [0.717, 1.165) is 25.0 Å². The summed E-state index contributed by atoms with van der Waals surface area (Å²) in [6, 6.07) is 3.86. The van der Waals surface area contributed by atoms with Crippen molar-refractivity contribution in [1.29, 1.82) is 0 Å². The molecule has 1 aromatic rings. The van der Waals surface area contributed by atoms with Gasteiger partial charge in [0.25, 0.3) is 5.91 Å². The van der Waals surface area contributed by atoms with E-state index in [1.165, 1.54) is 12.1 Å². The molecule has 1 saturated heterocycles. The Bertz CT molecular complexity index is 776. The van der Waals surface area contributed by atoms with Gasteiger partial charge in [0, 0.05) is 25.4 Å². The van der Waals surface area contributed by atoms with Gasteiger partial charge in [-0.15, -0.1) is 0 Å². The molecule has 2 aliphatic rings. The predicted molar refractivity (Wildman–Crippen MR) is 112 cm³/mol. The molecule has 1 aromatic carbocycles. The van der Waals surface area contributed by atoms with Gasteiger partial charge in [-0.1, -0.05) is 18.2 Å². The van der Waals surface area contributed by atoms with Crippen LogP contribution in [0.4, 0.5) is 13.2 Å². The maximum Gasteiger partial charge on any atom is 0.416 e. The van der Waals surface area contributed by atoms with Gasteiger partial charge in [-0.3, -0.25) is 15.0 Å². The molecule has 0 radical (unpaired) electrons. The number of halogens is 3. The highest BCUT2D eigenvalue weighted by molar-refractivity contribution is 5.88. The summed E-state index contributed by atoms with van der Waals surface area (Å²) in [7, 11) is 0. The van der Waals surface area contributed by atoms with Gasteiger partial charge in [0.2, 0.25) is 5.91 Å². The van der Waals surface area contributed by atoms with Gasteiger partial charge >= 0.3 is 6.18 Å². The maximum atomic E-state index is 13.1. The topological polar surface area (TPSA) is 96.7 Å². The van der Waals surface area contributed by atoms with Crippen molar-refractivity contribution in [3.8, 4) is 0 Å². The van der Waals surface area contributed by atoms with Gasteiger partial charge in [0.1, 0.15) is 6.04 Å². The Balaban J connectivity index is 1.70. The van der Waals surface area contributed by atoms with Gasteiger partial charge in [0.15, 0.2) is 0 Å². The second kappa shape index (κ2) is 11.1. The highest BCUT2D eigenvalue weighted by Gasteiger charge is 2.32. The van der Waals surface area contributed by atoms with E-state index in [9.17, 15) is 22.8 Å². The number of hydrogen-bond acceptors (Lipinski definition) is 5. The Labute approximate surface area is 185 Å². The molecule has 0 aromatic heterocycles. The lowest BCUT2D eigenvalue weighted by atomic mass is 9.81. The SMILES string of the molecule is NCC1CCC(C(=O)N[C@@H](Cc2cccc(C(F)(F)F)c2)C(=O)NN2CCOCC2)CC1. The zero-order valence-electron chi connectivity index (χ0n) is 18.0. The molecule has 4 N–H and O–H groups in total. The second-order valence-corrected chi connectivity index (χ2v) is 8.49. The fourth-order valence-electron chi connectivity index (χ4n) is 4.18. The number of morpholine rings is 1. The van der Waals surface area contributed by atoms with Crippen LogP contribution in [0.25, 0.3) is 0 Å². The molecule has 1 saturated carbocycles. The summed E-state index contributed by atoms with van der Waals surface area (Å²) in [6.45, 7) is 2.53. The molecule has 0 spiro atoms. The van der Waals surface area contributed by atoms with E-state index >= 15 is 0 Å². The van der Waals surface area contributed by atoms with E-state index in [2.05, 4.69) is 10.7 Å². The highest BCUT2D eigenvalue weighted by atomic mass is 19.4. The molecule has 0 unspecified atom stereocenters. The normalized spacial score (nSPS) is 23.4. The van der Waals surface area contributed by atoms with E-state index in [-0.39, 0.29) is 18.2 Å². The van der Waals surface area contributed by atoms with Crippen LogP contribution >= 0.6 is 0 Å². The minimum absolute atomic E-state index is 0.0377. The van der Waals surface area contributed by atoms with E-state index in [1.54, 1.807) is 5.01 Å². The van der Waals surface area contributed by atoms with Crippen LogP contribution in [0.15, 0.2) is 24.3 Å². The fraction of sp³-hybridized carbons (Fsp3) is 0.636. The fourth-order valence-corrected chi connectivity index (χ4v) is 4.18. The molecular formula is C22H31F3N4O3. The minimum atomic E-state index is -4.48. The third-order valence-electron chi connectivity index (χ3n) is 6.16. The zero-order valence-corrected chi connectivity index (χ0v) is 18.0. The zero-order chi connectivity index (χ0) is 23.1. The van der Waals surface area contributed by atoms with Crippen LogP contribution in [0.5, 0.6) is 0 Å². The first-order valence-corrected chi connectivity index (χ1v) is 11.1. The molecule has 1 aliphatic heterocycles. The van der Waals surface area contributed by atoms with Gasteiger partial charge < -0.3 is 15.8 Å². The predicted octanol–water partition coefficient (Wildman–Crippen LogP) is 1.86. The summed E-state index contributed by atoms with van der Waals surface area (Å²) < 4.78 is 44.6. The smallest absolute Gasteiger partial charge is 0.379 e. The lowest BCUT2D eigenvalue weighted by Crippen LogP contribution is -2.56. The molecule has 2 fully saturated rings. The lowest BCUT2D eigenvalue weighted by molar-refractivity contribution is -0.137. The Morgan fingerprint density at radius 2 is 1.84 bits per heavy atom. The summed E-state index contributed by atoms with van der Waals surface area (Å²) in [5.41, 5.74) is 8.03. The number of nitrogens with zero attached hydrogens (tertiary/aromatic N) is 1. The van der Waals surface area contributed by atoms with Crippen LogP contribution in [0.1, 0.15) is 36.8 Å². The number of hydrazine groups is 1. The number of alkyl halides is 3. The van der Waals surface area contributed by atoms with Crippen LogP contribution in [0.3, 0.4) is 0 Å². The van der Waals surface area contributed by atoms with Crippen molar-refractivity contribution >= 4 is 11.8 Å². The molecule has 3 rings (SSSR count). The lowest BCUT2D eigenvalue weighted by Gasteiger charge is -2.31. The summed E-state index contributed by atoms with van der Waals surface area (Å²) in [5, 5.41) is 4.49. The van der Waals surface area contributed by atoms with Crippen molar-refractivity contribution in [3.05, 3.63) is 35.4 Å². The molecule has 10 heteroatoms. The number of carbonyl (C=O) groups excluding carboxylic acids is 2. The Kier molecular flexibility index (Phi) is 8.50. The first kappa shape index (κ1) is 24.5. The first-order chi connectivity index (χ1) is 15.3. The van der Waals surface area contributed by atoms with Crippen LogP contribution in [0, 0.1) is 11.8 Å². The van der Waals surface area contributed by atoms with Crippen LogP contribution in [-0.2, 0) is 26.9 Å². The molecule has 7 nitrogen and oxygen atoms in total. The van der Waals surface area contributed by atoms with E-state index in [4.69, 9.17) is 10.5 Å². The number of nitrogens with two attached hydrogens (primary N) is 1. The number of benzene rings is 1. The standard InChI is InChI=1S/C22H31F3N4O3/c23-22(24,25)18-3-1-2-16(12-18)13-19(21(31)28-29-8-10-32-11-9-29)27-20(30)17-6-4-15(14-26)5-7-17/h1-3,12,15,17,19H,4-11,13-14,26H2,(H,27,30)(H,28,31)/t15?,17?,19-/m0/s1. The molecule has 2 amide bonds. The molecule has 32 heavy (non-hydrogen) atoms. The second-order valence-electron chi connectivity index (χ2n) is 8.49. The largest absolute Gasteiger partial charge is 0.416 e. The number of ether oxygens (including phenoxy) is 1. The number of nitrogens with one attached hydrogen (secondary N) is 2. The average molecular weight is 457 g/mol. The molecule has 1 aliphatic carbocycles. The van der Waals surface area contributed by atoms with Gasteiger partial charge in [-0.05, 0) is 49.8 Å². The van der Waals surface area contributed by atoms with Gasteiger partial charge in [-0.2, -0.15) is 13.2 Å². The van der Waals surface area contributed by atoms with E-state index in [0.29, 0.717) is 57.2 Å². The average Bonchev–Trinajstić information content (AvgIpc) is 2.79. The molecule has 1 atom stereocenters. The van der Waals surface area contributed by atoms with Crippen molar-refractivity contribution in [2.75, 3.05) is 32.8 Å². The summed E-state index contributed by atoms with van der Waals surface area (Å²) in [5.74, 6) is -0.509. The van der Waals surface area contributed by atoms with Crippen molar-refractivity contribution in [1.82, 2.24) is 15.8 Å². The van der Waals surface area contributed by atoms with Crippen LogP contribution in [0.2, 0.25) is 0 Å². The third-order valence-corrected chi connectivity index (χ3v) is 6.16. The number of hydrogen-bond donors (Lipinski definition) is 3. The summed E-state index contributed by atoms with van der Waals surface area (Å²) in [6.07, 6.45) is -1.43. The Morgan fingerprint density at radius 3 is 2.47 bits per heavy atom. The highest BCUT2D eigenvalue weighted by Crippen LogP contribution is 2.30. The van der Waals surface area contributed by atoms with Crippen molar-refractivity contribution < 1.29 is 27.5 Å². The minimum Gasteiger partial charge on any atom is -0.379 e. The maximum absolute atomic E-state index is 13.1. The number of rotatable bonds is 7. The molecule has 178 valence electrons. The summed E-state index contributed by atoms with van der Waals surface area (Å²) >= 11 is 0. The number of carbonyl (C=O) groups is 2. The monoisotopic (exact) mass is 456 g/mol.